The van der Waals surface area contributed by atoms with Crippen LogP contribution < -0.4 is 24.8 Å². The highest BCUT2D eigenvalue weighted by molar-refractivity contribution is 7.91. The van der Waals surface area contributed by atoms with Gasteiger partial charge >= 0.3 is 6.03 Å². The molecular weight excluding hydrogens is 705 g/mol. The van der Waals surface area contributed by atoms with Crippen molar-refractivity contribution in [3.8, 4) is 22.2 Å². The molecule has 4 aliphatic rings. The molecule has 4 amide bonds. The third-order valence-corrected chi connectivity index (χ3v) is 13.8. The second-order valence-corrected chi connectivity index (χ2v) is 18.0. The topological polar surface area (TPSA) is 169 Å². The molecule has 15 heteroatoms. The summed E-state index contributed by atoms with van der Waals surface area (Å²) in [4.78, 5) is 52.7. The summed E-state index contributed by atoms with van der Waals surface area (Å²) in [5.41, 5.74) is 0.802. The van der Waals surface area contributed by atoms with Gasteiger partial charge in [0.05, 0.1) is 29.6 Å². The molecule has 4 heterocycles. The van der Waals surface area contributed by atoms with Crippen molar-refractivity contribution in [2.75, 3.05) is 20.2 Å². The number of pyridine rings is 1. The molecular formula is C37H46N6O7S2. The maximum Gasteiger partial charge on any atom is 0.318 e. The van der Waals surface area contributed by atoms with Crippen molar-refractivity contribution >= 4 is 50.1 Å². The highest BCUT2D eigenvalue weighted by atomic mass is 32.2. The number of rotatable bonds is 8. The van der Waals surface area contributed by atoms with Gasteiger partial charge in [-0.25, -0.2) is 23.2 Å². The van der Waals surface area contributed by atoms with Crippen LogP contribution in [0.2, 0.25) is 0 Å². The van der Waals surface area contributed by atoms with E-state index in [0.717, 1.165) is 41.8 Å². The number of carbonyl (C=O) groups is 3. The number of allylic oxidation sites excluding steroid dienone is 1. The molecule has 3 fully saturated rings. The predicted molar refractivity (Wildman–Crippen MR) is 198 cm³/mol. The molecule has 1 unspecified atom stereocenters. The monoisotopic (exact) mass is 750 g/mol. The largest absolute Gasteiger partial charge is 0.497 e. The van der Waals surface area contributed by atoms with Crippen LogP contribution in [0.4, 0.5) is 4.79 Å². The zero-order valence-electron chi connectivity index (χ0n) is 29.9. The number of ether oxygens (including phenoxy) is 2. The van der Waals surface area contributed by atoms with Gasteiger partial charge in [-0.1, -0.05) is 32.4 Å². The summed E-state index contributed by atoms with van der Waals surface area (Å²) in [6.07, 6.45) is 8.00. The average Bonchev–Trinajstić information content (AvgIpc) is 3.88. The number of nitrogens with zero attached hydrogens (tertiary/aromatic N) is 3. The standard InChI is InChI=1S/C37H46N6O7S2/c1-22(2)29-21-51-33(40-29)28-18-31(26-12-11-24(49-4)16-27(26)39-28)50-25-17-30-32(44)41-37(34(45)42-52(47,48)36(3)13-14-36)19-23(37)10-8-6-5-7-9-15-38-35(46)43(30)20-25/h8,10-12,16,18,21-23,25,30H,5-7,9,13-15,17,19-20H2,1-4H3,(H,38,46)(H,41,44)(H,42,45)/b10-8-/t23-,25?,30-,37-/m0/s1. The molecule has 1 saturated heterocycles. The van der Waals surface area contributed by atoms with E-state index in [9.17, 15) is 22.8 Å². The average molecular weight is 751 g/mol. The Morgan fingerprint density at radius 1 is 1.13 bits per heavy atom. The second kappa shape index (κ2) is 14.0. The number of hydrogen-bond acceptors (Lipinski definition) is 10. The number of hydrogen-bond donors (Lipinski definition) is 3. The number of fused-ring (bicyclic) bond motifs is 3. The summed E-state index contributed by atoms with van der Waals surface area (Å²) >= 11 is 1.50. The van der Waals surface area contributed by atoms with Crippen LogP contribution in [0.1, 0.15) is 83.7 Å². The molecule has 13 nitrogen and oxygen atoms in total. The van der Waals surface area contributed by atoms with E-state index in [1.54, 1.807) is 14.0 Å². The number of nitrogens with one attached hydrogen (secondary N) is 3. The fraction of sp³-hybridized carbons (Fsp3) is 0.541. The van der Waals surface area contributed by atoms with Crippen LogP contribution in [-0.2, 0) is 19.6 Å². The van der Waals surface area contributed by atoms with Gasteiger partial charge < -0.3 is 25.0 Å². The van der Waals surface area contributed by atoms with E-state index in [4.69, 9.17) is 19.4 Å². The smallest absolute Gasteiger partial charge is 0.318 e. The minimum Gasteiger partial charge on any atom is -0.497 e. The zero-order valence-corrected chi connectivity index (χ0v) is 31.6. The zero-order chi connectivity index (χ0) is 36.8. The summed E-state index contributed by atoms with van der Waals surface area (Å²) < 4.78 is 39.6. The van der Waals surface area contributed by atoms with E-state index in [1.165, 1.54) is 16.2 Å². The molecule has 3 N–H and O–H groups in total. The second-order valence-electron chi connectivity index (χ2n) is 14.9. The lowest BCUT2D eigenvalue weighted by Crippen LogP contribution is -2.57. The van der Waals surface area contributed by atoms with Gasteiger partial charge in [0, 0.05) is 41.8 Å². The van der Waals surface area contributed by atoms with Gasteiger partial charge in [-0.05, 0) is 63.5 Å². The van der Waals surface area contributed by atoms with Gasteiger partial charge in [-0.15, -0.1) is 11.3 Å². The predicted octanol–water partition coefficient (Wildman–Crippen LogP) is 5.03. The molecule has 2 aromatic heterocycles. The van der Waals surface area contributed by atoms with Crippen molar-refractivity contribution in [3.05, 3.63) is 47.5 Å². The summed E-state index contributed by atoms with van der Waals surface area (Å²) in [5.74, 6) is -0.244. The van der Waals surface area contributed by atoms with Crippen molar-refractivity contribution in [1.29, 1.82) is 0 Å². The van der Waals surface area contributed by atoms with Crippen molar-refractivity contribution in [3.63, 3.8) is 0 Å². The highest BCUT2D eigenvalue weighted by Crippen LogP contribution is 2.47. The molecule has 0 radical (unpaired) electrons. The SMILES string of the molecule is COc1ccc2c(OC3C[C@H]4C(=O)N[C@@]5(C(=O)NS(=O)(=O)C6(C)CC6)C[C@@H]5/C=C\CCCCCNC(=O)N4C3)cc(-c3nc(C(C)C)cs3)nc2c1. The molecule has 3 aromatic rings. The molecule has 2 aliphatic carbocycles. The Kier molecular flexibility index (Phi) is 9.70. The van der Waals surface area contributed by atoms with E-state index < -0.39 is 50.3 Å². The van der Waals surface area contributed by atoms with Crippen molar-refractivity contribution in [1.82, 2.24) is 30.2 Å². The first-order valence-electron chi connectivity index (χ1n) is 18.0. The van der Waals surface area contributed by atoms with Gasteiger partial charge in [-0.3, -0.25) is 14.3 Å². The molecule has 52 heavy (non-hydrogen) atoms. The molecule has 2 aliphatic heterocycles. The fourth-order valence-corrected chi connectivity index (χ4v) is 9.15. The summed E-state index contributed by atoms with van der Waals surface area (Å²) in [5, 5.41) is 9.38. The number of amides is 4. The Bertz CT molecular complexity index is 2030. The van der Waals surface area contributed by atoms with E-state index in [2.05, 4.69) is 29.2 Å². The number of aromatic nitrogens is 2. The summed E-state index contributed by atoms with van der Waals surface area (Å²) in [6.45, 7) is 6.35. The minimum atomic E-state index is -3.94. The van der Waals surface area contributed by atoms with Gasteiger partial charge in [-0.2, -0.15) is 0 Å². The molecule has 0 spiro atoms. The first-order valence-corrected chi connectivity index (χ1v) is 20.4. The number of carbonyl (C=O) groups excluding carboxylic acids is 3. The van der Waals surface area contributed by atoms with Gasteiger partial charge in [0.1, 0.15) is 39.9 Å². The fourth-order valence-electron chi connectivity index (χ4n) is 6.90. The number of methoxy groups -OCH3 is 1. The van der Waals surface area contributed by atoms with Crippen LogP contribution in [0.15, 0.2) is 41.8 Å². The van der Waals surface area contributed by atoms with Gasteiger partial charge in [0.15, 0.2) is 0 Å². The van der Waals surface area contributed by atoms with E-state index in [0.29, 0.717) is 42.1 Å². The maximum absolute atomic E-state index is 14.2. The van der Waals surface area contributed by atoms with Crippen molar-refractivity contribution < 1.29 is 32.3 Å². The summed E-state index contributed by atoms with van der Waals surface area (Å²) in [7, 11) is -2.34. The first-order chi connectivity index (χ1) is 24.8. The molecule has 0 bridgehead atoms. The first kappa shape index (κ1) is 36.1. The lowest BCUT2D eigenvalue weighted by molar-refractivity contribution is -0.131. The highest BCUT2D eigenvalue weighted by Gasteiger charge is 2.63. The molecule has 1 aromatic carbocycles. The molecule has 2 saturated carbocycles. The Balaban J connectivity index is 1.18. The molecule has 4 atom stereocenters. The van der Waals surface area contributed by atoms with Crippen LogP contribution in [0, 0.1) is 5.92 Å². The lowest BCUT2D eigenvalue weighted by Gasteiger charge is -2.27. The van der Waals surface area contributed by atoms with Gasteiger partial charge in [0.2, 0.25) is 15.9 Å². The van der Waals surface area contributed by atoms with Crippen molar-refractivity contribution in [2.24, 2.45) is 5.92 Å². The van der Waals surface area contributed by atoms with E-state index >= 15 is 0 Å². The van der Waals surface area contributed by atoms with Crippen LogP contribution in [0.3, 0.4) is 0 Å². The lowest BCUT2D eigenvalue weighted by atomic mass is 10.1. The third-order valence-electron chi connectivity index (χ3n) is 10.7. The summed E-state index contributed by atoms with van der Waals surface area (Å²) in [6, 6.07) is 6.00. The number of benzene rings is 1. The van der Waals surface area contributed by atoms with Crippen LogP contribution in [0.25, 0.3) is 21.6 Å². The Labute approximate surface area is 308 Å². The minimum absolute atomic E-state index is 0.114. The number of thiazole rings is 1. The molecule has 7 rings (SSSR count). The normalized spacial score (nSPS) is 26.6. The number of urea groups is 1. The number of sulfonamides is 1. The van der Waals surface area contributed by atoms with Crippen LogP contribution in [0.5, 0.6) is 11.5 Å². The Morgan fingerprint density at radius 3 is 2.67 bits per heavy atom. The van der Waals surface area contributed by atoms with E-state index in [1.807, 2.05) is 41.8 Å². The quantitative estimate of drug-likeness (QED) is 0.268. The molecule has 278 valence electrons. The van der Waals surface area contributed by atoms with E-state index in [-0.39, 0.29) is 31.2 Å². The Morgan fingerprint density at radius 2 is 1.94 bits per heavy atom. The van der Waals surface area contributed by atoms with Crippen LogP contribution in [-0.4, -0.2) is 83.8 Å². The third kappa shape index (κ3) is 7.08. The Hall–Kier alpha value is -4.24. The van der Waals surface area contributed by atoms with Crippen LogP contribution >= 0.6 is 11.3 Å². The van der Waals surface area contributed by atoms with Crippen molar-refractivity contribution in [2.45, 2.75) is 100 Å². The maximum atomic E-state index is 14.2. The van der Waals surface area contributed by atoms with Gasteiger partial charge in [0.25, 0.3) is 5.91 Å².